The van der Waals surface area contributed by atoms with Crippen LogP contribution < -0.4 is 15.5 Å². The minimum atomic E-state index is -4.10. The Morgan fingerprint density at radius 1 is 1.10 bits per heavy atom. The number of piperazine rings is 1. The van der Waals surface area contributed by atoms with E-state index in [2.05, 4.69) is 10.8 Å². The van der Waals surface area contributed by atoms with Crippen LogP contribution in [0.15, 0.2) is 40.6 Å². The van der Waals surface area contributed by atoms with Crippen molar-refractivity contribution in [1.82, 2.24) is 20.0 Å². The van der Waals surface area contributed by atoms with Crippen molar-refractivity contribution in [2.45, 2.75) is 49.7 Å². The topological polar surface area (TPSA) is 144 Å². The largest absolute Gasteiger partial charge is 0.427 e. The number of hydrogen-bond acceptors (Lipinski definition) is 9. The molecule has 2 aliphatic rings. The molecular weight excluding hydrogens is 548 g/mol. The molecule has 212 valence electrons. The van der Waals surface area contributed by atoms with E-state index >= 15 is 0 Å². The van der Waals surface area contributed by atoms with Gasteiger partial charge in [-0.25, -0.2) is 23.5 Å². The molecule has 1 aromatic heterocycles. The first-order valence-corrected chi connectivity index (χ1v) is 14.9. The molecule has 0 radical (unpaired) electrons. The fourth-order valence-electron chi connectivity index (χ4n) is 4.29. The zero-order valence-electron chi connectivity index (χ0n) is 21.8. The Bertz CT molecular complexity index is 1280. The van der Waals surface area contributed by atoms with Crippen molar-refractivity contribution in [3.8, 4) is 16.2 Å². The Kier molecular flexibility index (Phi) is 9.56. The normalized spacial score (nSPS) is 20.3. The SMILES string of the molecule is CCNC(=O)N1CCN(S(=O)(=O)c2ccc(-c3ccc(OC(C)=O)cc3)s2)C(C(=O)NOC2CCCCO2)C1. The molecule has 2 saturated heterocycles. The van der Waals surface area contributed by atoms with Crippen LogP contribution in [0.5, 0.6) is 5.75 Å². The molecule has 0 spiro atoms. The van der Waals surface area contributed by atoms with Gasteiger partial charge in [0.25, 0.3) is 15.9 Å². The fraction of sp³-hybridized carbons (Fsp3) is 0.480. The Hall–Kier alpha value is -3.04. The van der Waals surface area contributed by atoms with E-state index in [4.69, 9.17) is 14.3 Å². The summed E-state index contributed by atoms with van der Waals surface area (Å²) in [5.74, 6) is -0.732. The lowest BCUT2D eigenvalue weighted by molar-refractivity contribution is -0.202. The van der Waals surface area contributed by atoms with Crippen molar-refractivity contribution in [3.05, 3.63) is 36.4 Å². The number of nitrogens with zero attached hydrogens (tertiary/aromatic N) is 2. The third-order valence-corrected chi connectivity index (χ3v) is 9.73. The van der Waals surface area contributed by atoms with Gasteiger partial charge in [0.05, 0.1) is 0 Å². The van der Waals surface area contributed by atoms with Gasteiger partial charge in [-0.15, -0.1) is 11.3 Å². The second-order valence-corrected chi connectivity index (χ2v) is 12.2. The van der Waals surface area contributed by atoms with Crippen molar-refractivity contribution < 1.29 is 37.1 Å². The van der Waals surface area contributed by atoms with Gasteiger partial charge in [0.1, 0.15) is 16.0 Å². The summed E-state index contributed by atoms with van der Waals surface area (Å²) in [6, 6.07) is 8.31. The molecule has 0 aliphatic carbocycles. The van der Waals surface area contributed by atoms with Gasteiger partial charge < -0.3 is 19.7 Å². The summed E-state index contributed by atoms with van der Waals surface area (Å²) in [6.07, 6.45) is 1.80. The molecule has 0 saturated carbocycles. The molecule has 14 heteroatoms. The van der Waals surface area contributed by atoms with Crippen LogP contribution in [-0.4, -0.2) is 80.6 Å². The molecule has 12 nitrogen and oxygen atoms in total. The van der Waals surface area contributed by atoms with Crippen LogP contribution in [0.4, 0.5) is 4.79 Å². The number of hydrogen-bond donors (Lipinski definition) is 2. The minimum Gasteiger partial charge on any atom is -0.427 e. The number of amides is 3. The van der Waals surface area contributed by atoms with E-state index in [0.717, 1.165) is 34.0 Å². The molecule has 1 aromatic carbocycles. The number of esters is 1. The van der Waals surface area contributed by atoms with Crippen molar-refractivity contribution in [3.63, 3.8) is 0 Å². The van der Waals surface area contributed by atoms with Gasteiger partial charge >= 0.3 is 12.0 Å². The highest BCUT2D eigenvalue weighted by Gasteiger charge is 2.42. The smallest absolute Gasteiger partial charge is 0.317 e. The second-order valence-electron chi connectivity index (χ2n) is 9.03. The average molecular weight is 581 g/mol. The quantitative estimate of drug-likeness (QED) is 0.275. The van der Waals surface area contributed by atoms with Crippen molar-refractivity contribution in [2.24, 2.45) is 0 Å². The first-order chi connectivity index (χ1) is 18.7. The summed E-state index contributed by atoms with van der Waals surface area (Å²) in [5, 5.41) is 2.69. The van der Waals surface area contributed by atoms with E-state index in [9.17, 15) is 22.8 Å². The van der Waals surface area contributed by atoms with Crippen LogP contribution in [0, 0.1) is 0 Å². The molecule has 4 rings (SSSR count). The van der Waals surface area contributed by atoms with Crippen LogP contribution in [-0.2, 0) is 29.2 Å². The third kappa shape index (κ3) is 7.13. The Labute approximate surface area is 231 Å². The maximum absolute atomic E-state index is 13.7. The summed E-state index contributed by atoms with van der Waals surface area (Å²) < 4.78 is 39.2. The molecule has 2 N–H and O–H groups in total. The number of urea groups is 1. The average Bonchev–Trinajstić information content (AvgIpc) is 3.44. The number of ether oxygens (including phenoxy) is 2. The van der Waals surface area contributed by atoms with E-state index in [1.165, 1.54) is 17.9 Å². The first kappa shape index (κ1) is 29.0. The lowest BCUT2D eigenvalue weighted by Crippen LogP contribution is -2.62. The van der Waals surface area contributed by atoms with E-state index in [1.54, 1.807) is 37.3 Å². The number of carbonyl (C=O) groups excluding carboxylic acids is 3. The molecule has 3 heterocycles. The van der Waals surface area contributed by atoms with Gasteiger partial charge in [-0.3, -0.25) is 9.59 Å². The molecule has 39 heavy (non-hydrogen) atoms. The second kappa shape index (κ2) is 12.9. The van der Waals surface area contributed by atoms with Gasteiger partial charge in [-0.1, -0.05) is 0 Å². The summed E-state index contributed by atoms with van der Waals surface area (Å²) in [5.41, 5.74) is 3.10. The molecule has 3 amide bonds. The molecule has 2 fully saturated rings. The number of hydroxylamine groups is 1. The predicted octanol–water partition coefficient (Wildman–Crippen LogP) is 2.32. The number of sulfonamides is 1. The van der Waals surface area contributed by atoms with Gasteiger partial charge in [0.2, 0.25) is 0 Å². The van der Waals surface area contributed by atoms with Crippen molar-refractivity contribution in [1.29, 1.82) is 0 Å². The van der Waals surface area contributed by atoms with Gasteiger partial charge in [-0.05, 0) is 61.7 Å². The van der Waals surface area contributed by atoms with E-state index < -0.39 is 34.2 Å². The lowest BCUT2D eigenvalue weighted by atomic mass is 10.2. The highest BCUT2D eigenvalue weighted by atomic mass is 32.2. The highest BCUT2D eigenvalue weighted by Crippen LogP contribution is 2.34. The molecule has 2 atom stereocenters. The van der Waals surface area contributed by atoms with Crippen molar-refractivity contribution in [2.75, 3.05) is 32.8 Å². The number of carbonyl (C=O) groups is 3. The van der Waals surface area contributed by atoms with Gasteiger partial charge in [0, 0.05) is 51.0 Å². The standard InChI is InChI=1S/C25H32N4O8S2/c1-3-26-25(32)28-13-14-29(20(16-28)24(31)27-37-22-6-4-5-15-35-22)39(33,34)23-12-11-21(38-23)18-7-9-19(10-8-18)36-17(2)30/h7-12,20,22H,3-6,13-16H2,1-2H3,(H,26,32)(H,27,31). The number of thiophene rings is 1. The van der Waals surface area contributed by atoms with Gasteiger partial charge in [0.15, 0.2) is 6.29 Å². The molecule has 2 aromatic rings. The summed E-state index contributed by atoms with van der Waals surface area (Å²) >= 11 is 1.06. The zero-order valence-corrected chi connectivity index (χ0v) is 23.4. The van der Waals surface area contributed by atoms with Crippen LogP contribution >= 0.6 is 11.3 Å². The minimum absolute atomic E-state index is 0.0577. The monoisotopic (exact) mass is 580 g/mol. The molecule has 2 unspecified atom stereocenters. The van der Waals surface area contributed by atoms with E-state index in [-0.39, 0.29) is 29.9 Å². The first-order valence-electron chi connectivity index (χ1n) is 12.7. The Morgan fingerprint density at radius 2 is 1.87 bits per heavy atom. The maximum Gasteiger partial charge on any atom is 0.317 e. The summed E-state index contributed by atoms with van der Waals surface area (Å²) in [7, 11) is -4.10. The number of benzene rings is 1. The number of nitrogens with one attached hydrogen (secondary N) is 2. The zero-order chi connectivity index (χ0) is 28.0. The third-order valence-electron chi connectivity index (χ3n) is 6.22. The highest BCUT2D eigenvalue weighted by molar-refractivity contribution is 7.91. The van der Waals surface area contributed by atoms with Gasteiger partial charge in [-0.2, -0.15) is 4.31 Å². The van der Waals surface area contributed by atoms with Crippen LogP contribution in [0.2, 0.25) is 0 Å². The lowest BCUT2D eigenvalue weighted by Gasteiger charge is -2.39. The molecule has 2 aliphatic heterocycles. The van der Waals surface area contributed by atoms with Crippen LogP contribution in [0.3, 0.4) is 0 Å². The fourth-order valence-corrected chi connectivity index (χ4v) is 7.30. The maximum atomic E-state index is 13.7. The van der Waals surface area contributed by atoms with E-state index in [0.29, 0.717) is 30.2 Å². The predicted molar refractivity (Wildman–Crippen MR) is 142 cm³/mol. The summed E-state index contributed by atoms with van der Waals surface area (Å²) in [4.78, 5) is 44.4. The Morgan fingerprint density at radius 3 is 2.54 bits per heavy atom. The molecular formula is C25H32N4O8S2. The van der Waals surface area contributed by atoms with Crippen LogP contribution in [0.1, 0.15) is 33.1 Å². The summed E-state index contributed by atoms with van der Waals surface area (Å²) in [6.45, 7) is 3.92. The number of rotatable bonds is 8. The van der Waals surface area contributed by atoms with Crippen LogP contribution in [0.25, 0.3) is 10.4 Å². The van der Waals surface area contributed by atoms with Crippen molar-refractivity contribution >= 4 is 39.3 Å². The van der Waals surface area contributed by atoms with E-state index in [1.807, 2.05) is 0 Å². The Balaban J connectivity index is 1.53. The molecule has 0 bridgehead atoms.